The number of aryl methyl sites for hydroxylation is 1. The fraction of sp³-hybridized carbons (Fsp3) is 0.267. The molecule has 2 aromatic rings. The van der Waals surface area contributed by atoms with E-state index in [0.29, 0.717) is 6.42 Å². The van der Waals surface area contributed by atoms with Crippen molar-refractivity contribution >= 4 is 0 Å². The van der Waals surface area contributed by atoms with Gasteiger partial charge in [-0.1, -0.05) is 31.2 Å². The van der Waals surface area contributed by atoms with E-state index in [0.717, 1.165) is 12.1 Å². The molecule has 3 heteroatoms. The Morgan fingerprint density at radius 1 is 1.11 bits per heavy atom. The Morgan fingerprint density at radius 3 is 2.33 bits per heavy atom. The average molecular weight is 244 g/mol. The number of benzene rings is 1. The molecule has 2 N–H and O–H groups in total. The van der Waals surface area contributed by atoms with Gasteiger partial charge in [0.1, 0.15) is 5.82 Å². The molecular formula is C15H17FN2. The summed E-state index contributed by atoms with van der Waals surface area (Å²) in [6.45, 7) is 2.13. The smallest absolute Gasteiger partial charge is 0.141 e. The molecule has 0 bridgehead atoms. The molecule has 1 atom stereocenters. The minimum Gasteiger partial charge on any atom is -0.322 e. The highest BCUT2D eigenvalue weighted by atomic mass is 19.1. The Hall–Kier alpha value is -1.74. The van der Waals surface area contributed by atoms with E-state index in [2.05, 4.69) is 36.2 Å². The molecule has 1 unspecified atom stereocenters. The molecule has 0 radical (unpaired) electrons. The maximum atomic E-state index is 12.8. The van der Waals surface area contributed by atoms with Crippen molar-refractivity contribution in [3.63, 3.8) is 0 Å². The van der Waals surface area contributed by atoms with Crippen molar-refractivity contribution in [2.75, 3.05) is 0 Å². The summed E-state index contributed by atoms with van der Waals surface area (Å²) in [6, 6.07) is 11.2. The van der Waals surface area contributed by atoms with Crippen LogP contribution in [0.1, 0.15) is 29.8 Å². The molecule has 2 rings (SSSR count). The van der Waals surface area contributed by atoms with E-state index in [1.54, 1.807) is 6.07 Å². The van der Waals surface area contributed by atoms with Crippen LogP contribution in [0.4, 0.5) is 4.39 Å². The van der Waals surface area contributed by atoms with Gasteiger partial charge in [0, 0.05) is 0 Å². The van der Waals surface area contributed by atoms with Crippen LogP contribution in [0.2, 0.25) is 0 Å². The zero-order valence-corrected chi connectivity index (χ0v) is 10.4. The highest BCUT2D eigenvalue weighted by Gasteiger charge is 2.08. The summed E-state index contributed by atoms with van der Waals surface area (Å²) < 4.78 is 12.8. The van der Waals surface area contributed by atoms with E-state index in [4.69, 9.17) is 5.73 Å². The van der Waals surface area contributed by atoms with Gasteiger partial charge in [-0.3, -0.25) is 4.98 Å². The van der Waals surface area contributed by atoms with Gasteiger partial charge >= 0.3 is 0 Å². The van der Waals surface area contributed by atoms with Crippen LogP contribution in [0.25, 0.3) is 0 Å². The van der Waals surface area contributed by atoms with Gasteiger partial charge in [-0.2, -0.15) is 0 Å². The highest BCUT2D eigenvalue weighted by molar-refractivity contribution is 5.24. The zero-order chi connectivity index (χ0) is 13.0. The predicted molar refractivity (Wildman–Crippen MR) is 70.6 cm³/mol. The molecule has 0 aliphatic carbocycles. The number of hydrogen-bond donors (Lipinski definition) is 1. The minimum absolute atomic E-state index is 0.196. The van der Waals surface area contributed by atoms with E-state index in [9.17, 15) is 4.39 Å². The average Bonchev–Trinajstić information content (AvgIpc) is 2.40. The number of nitrogens with zero attached hydrogens (tertiary/aromatic N) is 1. The largest absolute Gasteiger partial charge is 0.322 e. The van der Waals surface area contributed by atoms with Crippen molar-refractivity contribution in [2.24, 2.45) is 5.73 Å². The Morgan fingerprint density at radius 2 is 1.78 bits per heavy atom. The third-order valence-corrected chi connectivity index (χ3v) is 3.02. The number of nitrogens with two attached hydrogens (primary N) is 1. The van der Waals surface area contributed by atoms with E-state index in [1.165, 1.54) is 23.4 Å². The molecule has 0 saturated heterocycles. The van der Waals surface area contributed by atoms with Gasteiger partial charge in [0.2, 0.25) is 0 Å². The van der Waals surface area contributed by atoms with Crippen LogP contribution in [0, 0.1) is 5.82 Å². The quantitative estimate of drug-likeness (QED) is 0.897. The zero-order valence-electron chi connectivity index (χ0n) is 10.4. The summed E-state index contributed by atoms with van der Waals surface area (Å²) in [6.07, 6.45) is 2.95. The molecule has 0 aliphatic heterocycles. The van der Waals surface area contributed by atoms with E-state index >= 15 is 0 Å². The molecule has 0 aliphatic rings. The number of hydrogen-bond acceptors (Lipinski definition) is 2. The van der Waals surface area contributed by atoms with Crippen LogP contribution in [0.5, 0.6) is 0 Å². The standard InChI is InChI=1S/C15H17FN2/c1-2-11-3-5-12(6-4-11)9-14(17)15-8-7-13(16)10-18-15/h3-8,10,14H,2,9,17H2,1H3. The van der Waals surface area contributed by atoms with Crippen LogP contribution < -0.4 is 5.73 Å². The van der Waals surface area contributed by atoms with Crippen molar-refractivity contribution in [1.29, 1.82) is 0 Å². The van der Waals surface area contributed by atoms with Crippen LogP contribution in [-0.4, -0.2) is 4.98 Å². The highest BCUT2D eigenvalue weighted by Crippen LogP contribution is 2.15. The predicted octanol–water partition coefficient (Wildman–Crippen LogP) is 3.03. The van der Waals surface area contributed by atoms with Crippen molar-refractivity contribution in [1.82, 2.24) is 4.98 Å². The van der Waals surface area contributed by atoms with Crippen LogP contribution in [-0.2, 0) is 12.8 Å². The van der Waals surface area contributed by atoms with E-state index < -0.39 is 0 Å². The molecule has 0 fully saturated rings. The van der Waals surface area contributed by atoms with Gasteiger partial charge < -0.3 is 5.73 Å². The molecule has 2 nitrogen and oxygen atoms in total. The minimum atomic E-state index is -0.335. The third kappa shape index (κ3) is 3.14. The topological polar surface area (TPSA) is 38.9 Å². The molecule has 1 aromatic carbocycles. The molecular weight excluding hydrogens is 227 g/mol. The molecule has 0 spiro atoms. The third-order valence-electron chi connectivity index (χ3n) is 3.02. The number of rotatable bonds is 4. The molecule has 1 aromatic heterocycles. The van der Waals surface area contributed by atoms with Gasteiger partial charge in [0.25, 0.3) is 0 Å². The first-order valence-electron chi connectivity index (χ1n) is 6.14. The number of aromatic nitrogens is 1. The summed E-state index contributed by atoms with van der Waals surface area (Å²) in [5.41, 5.74) is 9.27. The summed E-state index contributed by atoms with van der Waals surface area (Å²) in [4.78, 5) is 4.01. The number of halogens is 1. The Balaban J connectivity index is 2.05. The summed E-state index contributed by atoms with van der Waals surface area (Å²) in [7, 11) is 0. The lowest BCUT2D eigenvalue weighted by atomic mass is 10.0. The normalized spacial score (nSPS) is 12.4. The summed E-state index contributed by atoms with van der Waals surface area (Å²) >= 11 is 0. The summed E-state index contributed by atoms with van der Waals surface area (Å²) in [5, 5.41) is 0. The van der Waals surface area contributed by atoms with Gasteiger partial charge in [-0.05, 0) is 36.1 Å². The van der Waals surface area contributed by atoms with Crippen molar-refractivity contribution in [3.05, 3.63) is 65.2 Å². The molecule has 94 valence electrons. The van der Waals surface area contributed by atoms with E-state index in [-0.39, 0.29) is 11.9 Å². The molecule has 18 heavy (non-hydrogen) atoms. The second-order valence-corrected chi connectivity index (χ2v) is 4.38. The summed E-state index contributed by atoms with van der Waals surface area (Å²) in [5.74, 6) is -0.335. The van der Waals surface area contributed by atoms with Crippen LogP contribution in [0.15, 0.2) is 42.6 Å². The van der Waals surface area contributed by atoms with Crippen molar-refractivity contribution in [2.45, 2.75) is 25.8 Å². The fourth-order valence-corrected chi connectivity index (χ4v) is 1.88. The van der Waals surface area contributed by atoms with Crippen molar-refractivity contribution in [3.8, 4) is 0 Å². The van der Waals surface area contributed by atoms with Crippen LogP contribution in [0.3, 0.4) is 0 Å². The maximum Gasteiger partial charge on any atom is 0.141 e. The van der Waals surface area contributed by atoms with Gasteiger partial charge in [0.05, 0.1) is 17.9 Å². The lowest BCUT2D eigenvalue weighted by molar-refractivity contribution is 0.612. The van der Waals surface area contributed by atoms with Gasteiger partial charge in [-0.25, -0.2) is 4.39 Å². The molecule has 0 saturated carbocycles. The Kier molecular flexibility index (Phi) is 4.05. The monoisotopic (exact) mass is 244 g/mol. The second kappa shape index (κ2) is 5.74. The first-order chi connectivity index (χ1) is 8.69. The Bertz CT molecular complexity index is 491. The van der Waals surface area contributed by atoms with Crippen molar-refractivity contribution < 1.29 is 4.39 Å². The first kappa shape index (κ1) is 12.7. The molecule has 1 heterocycles. The number of pyridine rings is 1. The molecule has 0 amide bonds. The van der Waals surface area contributed by atoms with Crippen LogP contribution >= 0.6 is 0 Å². The fourth-order valence-electron chi connectivity index (χ4n) is 1.88. The second-order valence-electron chi connectivity index (χ2n) is 4.38. The lowest BCUT2D eigenvalue weighted by Crippen LogP contribution is -2.14. The van der Waals surface area contributed by atoms with Gasteiger partial charge in [0.15, 0.2) is 0 Å². The van der Waals surface area contributed by atoms with E-state index in [1.807, 2.05) is 0 Å². The maximum absolute atomic E-state index is 12.8. The SMILES string of the molecule is CCc1ccc(CC(N)c2ccc(F)cn2)cc1. The lowest BCUT2D eigenvalue weighted by Gasteiger charge is -2.11. The Labute approximate surface area is 107 Å². The first-order valence-corrected chi connectivity index (χ1v) is 6.14. The van der Waals surface area contributed by atoms with Gasteiger partial charge in [-0.15, -0.1) is 0 Å².